The number of aryl methyl sites for hydroxylation is 1. The monoisotopic (exact) mass is 205 g/mol. The van der Waals surface area contributed by atoms with Crippen molar-refractivity contribution < 1.29 is 0 Å². The third kappa shape index (κ3) is 2.19. The Kier molecular flexibility index (Phi) is 2.76. The molecule has 82 valence electrons. The zero-order valence-electron chi connectivity index (χ0n) is 9.24. The van der Waals surface area contributed by atoms with Crippen molar-refractivity contribution in [1.29, 1.82) is 0 Å². The van der Waals surface area contributed by atoms with E-state index in [9.17, 15) is 0 Å². The molecule has 1 aliphatic rings. The molecule has 0 spiro atoms. The first-order valence-corrected chi connectivity index (χ1v) is 5.58. The van der Waals surface area contributed by atoms with E-state index in [1.165, 1.54) is 5.56 Å². The van der Waals surface area contributed by atoms with Gasteiger partial charge in [0, 0.05) is 12.2 Å². The highest BCUT2D eigenvalue weighted by molar-refractivity contribution is 5.20. The lowest BCUT2D eigenvalue weighted by Gasteiger charge is -2.35. The van der Waals surface area contributed by atoms with Gasteiger partial charge in [0.05, 0.1) is 11.2 Å². The van der Waals surface area contributed by atoms with E-state index in [4.69, 9.17) is 11.5 Å². The van der Waals surface area contributed by atoms with Crippen molar-refractivity contribution in [3.05, 3.63) is 29.6 Å². The molecule has 4 N–H and O–H groups in total. The number of nitrogens with zero attached hydrogens (tertiary/aromatic N) is 1. The average molecular weight is 205 g/mol. The average Bonchev–Trinajstić information content (AvgIpc) is 2.24. The molecule has 1 aliphatic carbocycles. The van der Waals surface area contributed by atoms with Crippen LogP contribution in [0.25, 0.3) is 0 Å². The molecule has 0 amide bonds. The minimum Gasteiger partial charge on any atom is -0.328 e. The van der Waals surface area contributed by atoms with Gasteiger partial charge < -0.3 is 11.5 Å². The first kappa shape index (κ1) is 10.6. The predicted octanol–water partition coefficient (Wildman–Crippen LogP) is 1.45. The van der Waals surface area contributed by atoms with Crippen molar-refractivity contribution in [2.75, 3.05) is 0 Å². The zero-order chi connectivity index (χ0) is 10.9. The van der Waals surface area contributed by atoms with Gasteiger partial charge in [0.2, 0.25) is 0 Å². The Labute approximate surface area is 90.9 Å². The third-order valence-corrected chi connectivity index (χ3v) is 3.34. The van der Waals surface area contributed by atoms with Crippen molar-refractivity contribution >= 4 is 0 Å². The van der Waals surface area contributed by atoms with Crippen molar-refractivity contribution in [3.8, 4) is 0 Å². The molecule has 0 aromatic carbocycles. The van der Waals surface area contributed by atoms with Gasteiger partial charge in [-0.2, -0.15) is 0 Å². The van der Waals surface area contributed by atoms with Crippen LogP contribution in [0.4, 0.5) is 0 Å². The highest BCUT2D eigenvalue weighted by Gasteiger charge is 2.33. The van der Waals surface area contributed by atoms with Crippen LogP contribution >= 0.6 is 0 Å². The summed E-state index contributed by atoms with van der Waals surface area (Å²) >= 11 is 0. The SMILES string of the molecule is Cc1ccc(C2(N)CCC(N)CC2)nc1. The first-order chi connectivity index (χ1) is 7.10. The van der Waals surface area contributed by atoms with Crippen LogP contribution in [0.1, 0.15) is 36.9 Å². The Morgan fingerprint density at radius 1 is 1.33 bits per heavy atom. The largest absolute Gasteiger partial charge is 0.328 e. The molecule has 0 atom stereocenters. The van der Waals surface area contributed by atoms with E-state index in [1.807, 2.05) is 19.2 Å². The van der Waals surface area contributed by atoms with Crippen molar-refractivity contribution in [2.45, 2.75) is 44.2 Å². The summed E-state index contributed by atoms with van der Waals surface area (Å²) in [5, 5.41) is 0. The fraction of sp³-hybridized carbons (Fsp3) is 0.583. The molecular formula is C12H19N3. The summed E-state index contributed by atoms with van der Waals surface area (Å²) in [5.74, 6) is 0. The van der Waals surface area contributed by atoms with Crippen molar-refractivity contribution in [1.82, 2.24) is 4.98 Å². The molecule has 2 rings (SSSR count). The summed E-state index contributed by atoms with van der Waals surface area (Å²) in [6, 6.07) is 4.45. The number of nitrogens with two attached hydrogens (primary N) is 2. The minimum atomic E-state index is -0.246. The molecule has 1 heterocycles. The van der Waals surface area contributed by atoms with Crippen molar-refractivity contribution in [3.63, 3.8) is 0 Å². The van der Waals surface area contributed by atoms with Crippen LogP contribution in [0.15, 0.2) is 18.3 Å². The number of aromatic nitrogens is 1. The van der Waals surface area contributed by atoms with E-state index in [0.717, 1.165) is 31.4 Å². The second-order valence-electron chi connectivity index (χ2n) is 4.71. The second kappa shape index (κ2) is 3.91. The summed E-state index contributed by atoms with van der Waals surface area (Å²) in [5.41, 5.74) is 14.2. The number of rotatable bonds is 1. The van der Waals surface area contributed by atoms with Crippen molar-refractivity contribution in [2.24, 2.45) is 11.5 Å². The third-order valence-electron chi connectivity index (χ3n) is 3.34. The molecule has 15 heavy (non-hydrogen) atoms. The van der Waals surface area contributed by atoms with Crippen LogP contribution in [0.5, 0.6) is 0 Å². The van der Waals surface area contributed by atoms with Gasteiger partial charge in [-0.3, -0.25) is 4.98 Å². The smallest absolute Gasteiger partial charge is 0.0602 e. The highest BCUT2D eigenvalue weighted by Crippen LogP contribution is 2.33. The van der Waals surface area contributed by atoms with Crippen LogP contribution in [-0.2, 0) is 5.54 Å². The lowest BCUT2D eigenvalue weighted by Crippen LogP contribution is -2.44. The lowest BCUT2D eigenvalue weighted by atomic mass is 9.78. The molecule has 3 nitrogen and oxygen atoms in total. The Bertz CT molecular complexity index is 323. The van der Waals surface area contributed by atoms with Crippen LogP contribution < -0.4 is 11.5 Å². The number of hydrogen-bond donors (Lipinski definition) is 2. The topological polar surface area (TPSA) is 64.9 Å². The van der Waals surface area contributed by atoms with E-state index in [2.05, 4.69) is 11.1 Å². The molecule has 0 bridgehead atoms. The zero-order valence-corrected chi connectivity index (χ0v) is 9.24. The molecule has 1 aromatic rings. The molecule has 0 aliphatic heterocycles. The van der Waals surface area contributed by atoms with Gasteiger partial charge in [-0.05, 0) is 44.2 Å². The summed E-state index contributed by atoms with van der Waals surface area (Å²) in [7, 11) is 0. The summed E-state index contributed by atoms with van der Waals surface area (Å²) in [4.78, 5) is 4.43. The minimum absolute atomic E-state index is 0.246. The molecule has 1 saturated carbocycles. The van der Waals surface area contributed by atoms with Gasteiger partial charge in [0.1, 0.15) is 0 Å². The number of hydrogen-bond acceptors (Lipinski definition) is 3. The normalized spacial score (nSPS) is 31.5. The fourth-order valence-corrected chi connectivity index (χ4v) is 2.17. The Morgan fingerprint density at radius 3 is 2.53 bits per heavy atom. The van der Waals surface area contributed by atoms with E-state index in [1.54, 1.807) is 0 Å². The maximum atomic E-state index is 6.37. The quantitative estimate of drug-likeness (QED) is 0.729. The van der Waals surface area contributed by atoms with Gasteiger partial charge >= 0.3 is 0 Å². The molecule has 0 unspecified atom stereocenters. The molecule has 0 radical (unpaired) electrons. The lowest BCUT2D eigenvalue weighted by molar-refractivity contribution is 0.271. The molecule has 3 heteroatoms. The summed E-state index contributed by atoms with van der Waals surface area (Å²) < 4.78 is 0. The van der Waals surface area contributed by atoms with Crippen LogP contribution in [-0.4, -0.2) is 11.0 Å². The highest BCUT2D eigenvalue weighted by atomic mass is 14.8. The maximum absolute atomic E-state index is 6.37. The van der Waals surface area contributed by atoms with E-state index in [-0.39, 0.29) is 5.54 Å². The first-order valence-electron chi connectivity index (χ1n) is 5.58. The Morgan fingerprint density at radius 2 is 2.00 bits per heavy atom. The molecule has 0 saturated heterocycles. The molecular weight excluding hydrogens is 186 g/mol. The Hall–Kier alpha value is -0.930. The van der Waals surface area contributed by atoms with Gasteiger partial charge in [0.15, 0.2) is 0 Å². The van der Waals surface area contributed by atoms with E-state index >= 15 is 0 Å². The Balaban J connectivity index is 2.18. The van der Waals surface area contributed by atoms with E-state index < -0.39 is 0 Å². The summed E-state index contributed by atoms with van der Waals surface area (Å²) in [6.07, 6.45) is 5.80. The van der Waals surface area contributed by atoms with E-state index in [0.29, 0.717) is 6.04 Å². The van der Waals surface area contributed by atoms with Gasteiger partial charge in [0.25, 0.3) is 0 Å². The number of pyridine rings is 1. The molecule has 1 fully saturated rings. The van der Waals surface area contributed by atoms with Gasteiger partial charge in [-0.1, -0.05) is 6.07 Å². The van der Waals surface area contributed by atoms with Gasteiger partial charge in [-0.15, -0.1) is 0 Å². The standard InChI is InChI=1S/C12H19N3/c1-9-2-3-11(15-8-9)12(14)6-4-10(13)5-7-12/h2-3,8,10H,4-7,13-14H2,1H3. The van der Waals surface area contributed by atoms with Crippen LogP contribution in [0.3, 0.4) is 0 Å². The molecule has 1 aromatic heterocycles. The van der Waals surface area contributed by atoms with Gasteiger partial charge in [-0.25, -0.2) is 0 Å². The van der Waals surface area contributed by atoms with Crippen LogP contribution in [0.2, 0.25) is 0 Å². The summed E-state index contributed by atoms with van der Waals surface area (Å²) in [6.45, 7) is 2.04. The van der Waals surface area contributed by atoms with Crippen LogP contribution in [0, 0.1) is 6.92 Å². The maximum Gasteiger partial charge on any atom is 0.0602 e. The fourth-order valence-electron chi connectivity index (χ4n) is 2.17. The second-order valence-corrected chi connectivity index (χ2v) is 4.71. The predicted molar refractivity (Wildman–Crippen MR) is 61.3 cm³/mol.